The molecule has 1 aliphatic carbocycles. The highest BCUT2D eigenvalue weighted by Crippen LogP contribution is 2.60. The summed E-state index contributed by atoms with van der Waals surface area (Å²) >= 11 is 1.21. The molecule has 3 aromatic rings. The molecule has 2 aromatic heterocycles. The zero-order valence-corrected chi connectivity index (χ0v) is 18.0. The number of rotatable bonds is 5. The number of pyridine rings is 2. The van der Waals surface area contributed by atoms with Gasteiger partial charge in [-0.05, 0) is 30.7 Å². The fraction of sp³-hybridized carbons (Fsp3) is 0.227. The van der Waals surface area contributed by atoms with Gasteiger partial charge in [0.15, 0.2) is 22.6 Å². The molecule has 7 nitrogen and oxygen atoms in total. The van der Waals surface area contributed by atoms with Crippen LogP contribution in [0.3, 0.4) is 0 Å². The van der Waals surface area contributed by atoms with Gasteiger partial charge in [0.2, 0.25) is 0 Å². The minimum absolute atomic E-state index is 0.0136. The Kier molecular flexibility index (Phi) is 4.61. The molecule has 10 heteroatoms. The molecule has 2 aliphatic rings. The molecular formula is C22H19F2N5O2S. The number of benzene rings is 1. The monoisotopic (exact) mass is 455 g/mol. The highest BCUT2D eigenvalue weighted by molar-refractivity contribution is 8.15. The average molecular weight is 455 g/mol. The Morgan fingerprint density at radius 1 is 1.25 bits per heavy atom. The summed E-state index contributed by atoms with van der Waals surface area (Å²) in [4.78, 5) is 13.1. The van der Waals surface area contributed by atoms with E-state index in [-0.39, 0.29) is 23.0 Å². The van der Waals surface area contributed by atoms with E-state index in [1.807, 2.05) is 0 Å². The van der Waals surface area contributed by atoms with Crippen molar-refractivity contribution in [2.45, 2.75) is 17.2 Å². The molecule has 32 heavy (non-hydrogen) atoms. The van der Waals surface area contributed by atoms with Crippen LogP contribution < -0.4 is 15.8 Å². The zero-order chi connectivity index (χ0) is 22.7. The standard InChI is InChI=1S/C22H19F2N5O2S/c1-21(16-8-22(16,10-30)32-20(25)29-21)14-6-12(7-15(23)17(14)24)28-19-18-11(3-4-26-19)5-13(31-2)9-27-18/h3-9,30H,10H2,1-2H3,(H2,25,29)(H,26,28)/t21-,22-/m1/s1. The van der Waals surface area contributed by atoms with Gasteiger partial charge in [0.25, 0.3) is 0 Å². The normalized spacial score (nSPS) is 23.9. The number of nitrogens with zero attached hydrogens (tertiary/aromatic N) is 3. The lowest BCUT2D eigenvalue weighted by atomic mass is 9.86. The maximum atomic E-state index is 15.0. The van der Waals surface area contributed by atoms with Crippen LogP contribution in [-0.4, -0.2) is 38.7 Å². The van der Waals surface area contributed by atoms with Gasteiger partial charge < -0.3 is 20.9 Å². The number of nitrogens with one attached hydrogen (secondary N) is 1. The van der Waals surface area contributed by atoms with E-state index in [0.717, 1.165) is 11.5 Å². The highest BCUT2D eigenvalue weighted by Gasteiger charge is 2.58. The van der Waals surface area contributed by atoms with Gasteiger partial charge in [-0.15, -0.1) is 0 Å². The Morgan fingerprint density at radius 2 is 2.06 bits per heavy atom. The smallest absolute Gasteiger partial charge is 0.164 e. The SMILES string of the molecule is COc1cnc2c(Nc3cc(F)c(F)c([C@@]4(C)N=C(N)S[C@@]5(CO)C=C54)c3)nccc2c1. The molecule has 0 radical (unpaired) electrons. The molecule has 2 atom stereocenters. The van der Waals surface area contributed by atoms with Gasteiger partial charge in [0, 0.05) is 28.9 Å². The molecule has 0 bridgehead atoms. The van der Waals surface area contributed by atoms with Gasteiger partial charge in [0.1, 0.15) is 16.8 Å². The molecule has 0 amide bonds. The predicted octanol–water partition coefficient (Wildman–Crippen LogP) is 3.61. The third-order valence-electron chi connectivity index (χ3n) is 5.76. The minimum atomic E-state index is -1.24. The number of aromatic nitrogens is 2. The van der Waals surface area contributed by atoms with Gasteiger partial charge in [-0.3, -0.25) is 0 Å². The molecular weight excluding hydrogens is 436 g/mol. The summed E-state index contributed by atoms with van der Waals surface area (Å²) in [6, 6.07) is 6.12. The van der Waals surface area contributed by atoms with Gasteiger partial charge in [-0.2, -0.15) is 0 Å². The maximum Gasteiger partial charge on any atom is 0.164 e. The van der Waals surface area contributed by atoms with E-state index in [0.29, 0.717) is 22.7 Å². The number of halogens is 2. The lowest BCUT2D eigenvalue weighted by Crippen LogP contribution is -2.36. The summed E-state index contributed by atoms with van der Waals surface area (Å²) in [6.45, 7) is 1.46. The number of aliphatic hydroxyl groups is 1. The van der Waals surface area contributed by atoms with Crippen LogP contribution in [0.25, 0.3) is 10.9 Å². The van der Waals surface area contributed by atoms with Crippen LogP contribution in [0.4, 0.5) is 20.3 Å². The summed E-state index contributed by atoms with van der Waals surface area (Å²) in [6.07, 6.45) is 4.93. The van der Waals surface area contributed by atoms with Crippen LogP contribution in [0.15, 0.2) is 53.3 Å². The van der Waals surface area contributed by atoms with Gasteiger partial charge in [-0.25, -0.2) is 23.7 Å². The highest BCUT2D eigenvalue weighted by atomic mass is 32.2. The molecule has 1 aromatic carbocycles. The van der Waals surface area contributed by atoms with E-state index in [2.05, 4.69) is 20.3 Å². The van der Waals surface area contributed by atoms with Crippen LogP contribution in [0, 0.1) is 11.6 Å². The van der Waals surface area contributed by atoms with Crippen LogP contribution in [0.5, 0.6) is 5.75 Å². The molecule has 5 rings (SSSR count). The largest absolute Gasteiger partial charge is 0.495 e. The van der Waals surface area contributed by atoms with Gasteiger partial charge >= 0.3 is 0 Å². The van der Waals surface area contributed by atoms with Crippen LogP contribution in [-0.2, 0) is 5.54 Å². The lowest BCUT2D eigenvalue weighted by molar-refractivity contribution is 0.289. The summed E-state index contributed by atoms with van der Waals surface area (Å²) in [5.74, 6) is -1.09. The first kappa shape index (κ1) is 20.7. The Balaban J connectivity index is 1.58. The number of nitrogens with two attached hydrogens (primary N) is 1. The van der Waals surface area contributed by atoms with Crippen molar-refractivity contribution in [2.24, 2.45) is 10.7 Å². The van der Waals surface area contributed by atoms with E-state index in [1.54, 1.807) is 44.6 Å². The van der Waals surface area contributed by atoms with Crippen molar-refractivity contribution in [3.8, 4) is 5.75 Å². The molecule has 0 saturated heterocycles. The number of aliphatic imine (C=N–C) groups is 1. The van der Waals surface area contributed by atoms with E-state index >= 15 is 0 Å². The second kappa shape index (κ2) is 7.14. The van der Waals surface area contributed by atoms with Crippen molar-refractivity contribution < 1.29 is 18.6 Å². The van der Waals surface area contributed by atoms with Crippen LogP contribution in [0.2, 0.25) is 0 Å². The van der Waals surface area contributed by atoms with Crippen LogP contribution >= 0.6 is 11.8 Å². The summed E-state index contributed by atoms with van der Waals surface area (Å²) in [5.41, 5.74) is 6.26. The molecule has 0 unspecified atom stereocenters. The van der Waals surface area contributed by atoms with Crippen molar-refractivity contribution in [3.05, 3.63) is 65.5 Å². The topological polar surface area (TPSA) is 106 Å². The molecule has 1 aliphatic heterocycles. The molecule has 0 saturated carbocycles. The van der Waals surface area contributed by atoms with Crippen molar-refractivity contribution in [3.63, 3.8) is 0 Å². The molecule has 0 spiro atoms. The van der Waals surface area contributed by atoms with Crippen molar-refractivity contribution in [2.75, 3.05) is 19.0 Å². The summed E-state index contributed by atoms with van der Waals surface area (Å²) < 4.78 is 34.1. The first-order chi connectivity index (χ1) is 15.3. The third-order valence-corrected chi connectivity index (χ3v) is 6.89. The Labute approximate surface area is 186 Å². The quantitative estimate of drug-likeness (QED) is 0.505. The molecule has 3 heterocycles. The first-order valence-corrected chi connectivity index (χ1v) is 10.6. The van der Waals surface area contributed by atoms with Crippen molar-refractivity contribution in [1.82, 2.24) is 9.97 Å². The van der Waals surface area contributed by atoms with E-state index in [4.69, 9.17) is 10.5 Å². The number of anilines is 2. The number of hydrogen-bond acceptors (Lipinski definition) is 8. The van der Waals surface area contributed by atoms with E-state index in [1.165, 1.54) is 17.8 Å². The molecule has 164 valence electrons. The third kappa shape index (κ3) is 3.09. The fourth-order valence-electron chi connectivity index (χ4n) is 4.09. The minimum Gasteiger partial charge on any atom is -0.495 e. The van der Waals surface area contributed by atoms with Crippen molar-refractivity contribution in [1.29, 1.82) is 0 Å². The number of hydrogen-bond donors (Lipinski definition) is 3. The number of methoxy groups -OCH3 is 1. The van der Waals surface area contributed by atoms with Gasteiger partial charge in [0.05, 0.1) is 24.7 Å². The van der Waals surface area contributed by atoms with E-state index in [9.17, 15) is 13.9 Å². The lowest BCUT2D eigenvalue weighted by Gasteiger charge is -2.33. The number of fused-ring (bicyclic) bond motifs is 2. The first-order valence-electron chi connectivity index (χ1n) is 9.74. The summed E-state index contributed by atoms with van der Waals surface area (Å²) in [7, 11) is 1.55. The zero-order valence-electron chi connectivity index (χ0n) is 17.2. The molecule has 0 fully saturated rings. The van der Waals surface area contributed by atoms with Crippen LogP contribution in [0.1, 0.15) is 12.5 Å². The second-order valence-electron chi connectivity index (χ2n) is 7.78. The number of ether oxygens (including phenoxy) is 1. The Bertz CT molecular complexity index is 1330. The summed E-state index contributed by atoms with van der Waals surface area (Å²) in [5, 5.41) is 13.8. The number of aliphatic hydroxyl groups excluding tert-OH is 1. The van der Waals surface area contributed by atoms with E-state index < -0.39 is 21.9 Å². The predicted molar refractivity (Wildman–Crippen MR) is 120 cm³/mol. The number of thioether (sulfide) groups is 1. The maximum absolute atomic E-state index is 15.0. The second-order valence-corrected chi connectivity index (χ2v) is 9.13. The van der Waals surface area contributed by atoms with Crippen molar-refractivity contribution >= 4 is 39.3 Å². The Hall–Kier alpha value is -3.24. The number of amidine groups is 1. The molecule has 4 N–H and O–H groups in total. The average Bonchev–Trinajstić information content (AvgIpc) is 3.51. The van der Waals surface area contributed by atoms with Gasteiger partial charge in [-0.1, -0.05) is 17.8 Å². The Morgan fingerprint density at radius 3 is 2.81 bits per heavy atom. The fourth-order valence-corrected chi connectivity index (χ4v) is 5.24.